The Bertz CT molecular complexity index is 1220. The van der Waals surface area contributed by atoms with Crippen molar-refractivity contribution < 1.29 is 8.42 Å². The fourth-order valence-electron chi connectivity index (χ4n) is 5.52. The van der Waals surface area contributed by atoms with Gasteiger partial charge in [0.25, 0.3) is 0 Å². The van der Waals surface area contributed by atoms with Gasteiger partial charge in [0.05, 0.1) is 9.64 Å². The average molecular weight is 525 g/mol. The van der Waals surface area contributed by atoms with Gasteiger partial charge in [-0.15, -0.1) is 0 Å². The maximum absolute atomic E-state index is 14.5. The number of benzene rings is 4. The highest BCUT2D eigenvalue weighted by Gasteiger charge is 2.43. The van der Waals surface area contributed by atoms with Crippen LogP contribution in [0.25, 0.3) is 0 Å². The predicted molar refractivity (Wildman–Crippen MR) is 159 cm³/mol. The fraction of sp³-hybridized carbons (Fsp3) is 0.314. The molecule has 0 aliphatic rings. The van der Waals surface area contributed by atoms with Gasteiger partial charge in [-0.05, 0) is 93.5 Å². The van der Waals surface area contributed by atoms with Gasteiger partial charge in [0, 0.05) is 0 Å². The van der Waals surface area contributed by atoms with Crippen LogP contribution in [0.3, 0.4) is 0 Å². The molecule has 0 saturated carbocycles. The maximum atomic E-state index is 14.5. The molecule has 198 valence electrons. The van der Waals surface area contributed by atoms with Crippen molar-refractivity contribution in [1.29, 1.82) is 0 Å². The van der Waals surface area contributed by atoms with Crippen molar-refractivity contribution >= 4 is 9.84 Å². The van der Waals surface area contributed by atoms with Gasteiger partial charge in [0.1, 0.15) is 0 Å². The van der Waals surface area contributed by atoms with E-state index in [2.05, 4.69) is 72.8 Å². The van der Waals surface area contributed by atoms with E-state index in [1.807, 2.05) is 49.4 Å². The Balaban J connectivity index is 1.62. The molecule has 3 heteroatoms. The summed E-state index contributed by atoms with van der Waals surface area (Å²) in [5, 5.41) is 0. The normalized spacial score (nSPS) is 11.9. The van der Waals surface area contributed by atoms with E-state index in [9.17, 15) is 8.42 Å². The van der Waals surface area contributed by atoms with E-state index in [-0.39, 0.29) is 0 Å². The second kappa shape index (κ2) is 13.6. The summed E-state index contributed by atoms with van der Waals surface area (Å²) in [5.41, 5.74) is 4.87. The lowest BCUT2D eigenvalue weighted by Gasteiger charge is -2.34. The molecule has 0 bridgehead atoms. The van der Waals surface area contributed by atoms with Crippen molar-refractivity contribution in [2.24, 2.45) is 0 Å². The summed E-state index contributed by atoms with van der Waals surface area (Å²) in [7, 11) is -3.54. The largest absolute Gasteiger partial charge is 0.223 e. The lowest BCUT2D eigenvalue weighted by Crippen LogP contribution is -2.39. The van der Waals surface area contributed by atoms with E-state index >= 15 is 0 Å². The molecule has 4 aromatic rings. The summed E-state index contributed by atoms with van der Waals surface area (Å²) < 4.78 is 28.2. The van der Waals surface area contributed by atoms with Crippen molar-refractivity contribution in [3.05, 3.63) is 138 Å². The molecule has 38 heavy (non-hydrogen) atoms. The van der Waals surface area contributed by atoms with Crippen LogP contribution in [0.1, 0.15) is 60.8 Å². The molecule has 0 atom stereocenters. The summed E-state index contributed by atoms with van der Waals surface area (Å²) in [5.74, 6) is 0. The Labute approximate surface area is 229 Å². The highest BCUT2D eigenvalue weighted by atomic mass is 32.2. The Morgan fingerprint density at radius 1 is 0.500 bits per heavy atom. The van der Waals surface area contributed by atoms with Crippen LogP contribution in [0, 0.1) is 6.92 Å². The van der Waals surface area contributed by atoms with E-state index in [4.69, 9.17) is 0 Å². The van der Waals surface area contributed by atoms with Gasteiger partial charge in [0.15, 0.2) is 9.84 Å². The maximum Gasteiger partial charge on any atom is 0.184 e. The minimum absolute atomic E-state index is 0.460. The van der Waals surface area contributed by atoms with Crippen LogP contribution in [0.5, 0.6) is 0 Å². The van der Waals surface area contributed by atoms with Crippen molar-refractivity contribution in [2.45, 2.75) is 74.4 Å². The van der Waals surface area contributed by atoms with Crippen molar-refractivity contribution in [3.8, 4) is 0 Å². The summed E-state index contributed by atoms with van der Waals surface area (Å²) >= 11 is 0. The molecule has 0 radical (unpaired) electrons. The molecule has 0 spiro atoms. The third-order valence-corrected chi connectivity index (χ3v) is 10.4. The van der Waals surface area contributed by atoms with Gasteiger partial charge in [0.2, 0.25) is 0 Å². The Morgan fingerprint density at radius 3 is 1.18 bits per heavy atom. The smallest absolute Gasteiger partial charge is 0.184 e. The number of rotatable bonds is 14. The van der Waals surface area contributed by atoms with Crippen LogP contribution in [-0.2, 0) is 29.1 Å². The van der Waals surface area contributed by atoms with Gasteiger partial charge in [-0.2, -0.15) is 0 Å². The topological polar surface area (TPSA) is 34.1 Å². The minimum Gasteiger partial charge on any atom is -0.223 e. The van der Waals surface area contributed by atoms with E-state index in [1.54, 1.807) is 0 Å². The zero-order chi connectivity index (χ0) is 26.7. The molecule has 0 aliphatic heterocycles. The van der Waals surface area contributed by atoms with Crippen LogP contribution in [0.2, 0.25) is 0 Å². The molecule has 2 nitrogen and oxygen atoms in total. The molecule has 0 amide bonds. The van der Waals surface area contributed by atoms with Crippen molar-refractivity contribution in [1.82, 2.24) is 0 Å². The summed E-state index contributed by atoms with van der Waals surface area (Å²) in [4.78, 5) is 0.460. The zero-order valence-electron chi connectivity index (χ0n) is 22.6. The molecule has 0 unspecified atom stereocenters. The molecule has 4 aromatic carbocycles. The third kappa shape index (κ3) is 7.45. The lowest BCUT2D eigenvalue weighted by atomic mass is 9.87. The highest BCUT2D eigenvalue weighted by Crippen LogP contribution is 2.40. The van der Waals surface area contributed by atoms with E-state index < -0.39 is 14.6 Å². The molecule has 0 aliphatic carbocycles. The van der Waals surface area contributed by atoms with Gasteiger partial charge in [-0.3, -0.25) is 0 Å². The van der Waals surface area contributed by atoms with Gasteiger partial charge in [-0.1, -0.05) is 109 Å². The molecular formula is C35H40O2S. The Kier molecular flexibility index (Phi) is 9.95. The number of hydrogen-bond acceptors (Lipinski definition) is 2. The lowest BCUT2D eigenvalue weighted by molar-refractivity contribution is 0.398. The molecule has 0 saturated heterocycles. The van der Waals surface area contributed by atoms with Gasteiger partial charge < -0.3 is 0 Å². The average Bonchev–Trinajstić information content (AvgIpc) is 2.95. The quantitative estimate of drug-likeness (QED) is 0.166. The molecule has 4 rings (SSSR count). The minimum atomic E-state index is -3.54. The monoisotopic (exact) mass is 524 g/mol. The summed E-state index contributed by atoms with van der Waals surface area (Å²) in [6.07, 6.45) is 7.24. The first-order chi connectivity index (χ1) is 18.5. The Hall–Kier alpha value is -3.17. The summed E-state index contributed by atoms with van der Waals surface area (Å²) in [6.45, 7) is 2.00. The molecule has 0 heterocycles. The molecule has 0 N–H and O–H groups in total. The first kappa shape index (κ1) is 27.9. The predicted octanol–water partition coefficient (Wildman–Crippen LogP) is 8.58. The number of sulfone groups is 1. The van der Waals surface area contributed by atoms with E-state index in [0.717, 1.165) is 44.1 Å². The second-order valence-electron chi connectivity index (χ2n) is 10.5. The van der Waals surface area contributed by atoms with Crippen LogP contribution in [0.4, 0.5) is 0 Å². The van der Waals surface area contributed by atoms with E-state index in [0.29, 0.717) is 24.2 Å². The summed E-state index contributed by atoms with van der Waals surface area (Å²) in [6, 6.07) is 38.8. The van der Waals surface area contributed by atoms with Crippen LogP contribution in [0.15, 0.2) is 120 Å². The van der Waals surface area contributed by atoms with Gasteiger partial charge >= 0.3 is 0 Å². The molecule has 0 fully saturated rings. The van der Waals surface area contributed by atoms with E-state index in [1.165, 1.54) is 16.7 Å². The third-order valence-electron chi connectivity index (χ3n) is 7.72. The van der Waals surface area contributed by atoms with Gasteiger partial charge in [-0.25, -0.2) is 8.42 Å². The van der Waals surface area contributed by atoms with Crippen LogP contribution in [-0.4, -0.2) is 13.2 Å². The first-order valence-corrected chi connectivity index (χ1v) is 15.4. The molecular weight excluding hydrogens is 484 g/mol. The van der Waals surface area contributed by atoms with Crippen LogP contribution < -0.4 is 0 Å². The fourth-order valence-corrected chi connectivity index (χ4v) is 7.76. The molecule has 0 aromatic heterocycles. The highest BCUT2D eigenvalue weighted by molar-refractivity contribution is 7.92. The number of hydrogen-bond donors (Lipinski definition) is 0. The SMILES string of the molecule is Cc1ccc(S(=O)(=O)C(CCCc2ccccc2)(CCCc2ccccc2)CCCc2ccccc2)cc1. The van der Waals surface area contributed by atoms with Crippen molar-refractivity contribution in [2.75, 3.05) is 0 Å². The number of aryl methyl sites for hydroxylation is 4. The zero-order valence-corrected chi connectivity index (χ0v) is 23.4. The van der Waals surface area contributed by atoms with Crippen molar-refractivity contribution in [3.63, 3.8) is 0 Å². The standard InChI is InChI=1S/C35H40O2S/c1-30-23-25-34(26-24-30)38(36,37)35(27-11-20-31-14-5-2-6-15-31,28-12-21-32-16-7-3-8-17-32)29-13-22-33-18-9-4-10-19-33/h2-10,14-19,23-26H,11-13,20-22,27-29H2,1H3. The van der Waals surface area contributed by atoms with Crippen LogP contribution >= 0.6 is 0 Å². The first-order valence-electron chi connectivity index (χ1n) is 13.9. The second-order valence-corrected chi connectivity index (χ2v) is 12.9. The Morgan fingerprint density at radius 2 is 0.842 bits per heavy atom.